The Morgan fingerprint density at radius 1 is 0.714 bits per heavy atom. The molecule has 0 atom stereocenters. The van der Waals surface area contributed by atoms with Gasteiger partial charge in [0.15, 0.2) is 23.0 Å². The molecule has 0 spiro atoms. The van der Waals surface area contributed by atoms with Crippen LogP contribution in [0.2, 0.25) is 0 Å². The van der Waals surface area contributed by atoms with Gasteiger partial charge in [0.2, 0.25) is 17.6 Å². The summed E-state index contributed by atoms with van der Waals surface area (Å²) in [6.45, 7) is 1.29. The Hall–Kier alpha value is -4.60. The molecular weight excluding hydrogens is 540 g/mol. The summed E-state index contributed by atoms with van der Waals surface area (Å²) in [6, 6.07) is 14.8. The molecule has 10 heteroatoms. The first kappa shape index (κ1) is 30.4. The normalized spacial score (nSPS) is 12.2. The fourth-order valence-corrected chi connectivity index (χ4v) is 5.06. The number of fused-ring (bicyclic) bond motifs is 1. The highest BCUT2D eigenvalue weighted by Crippen LogP contribution is 2.41. The minimum Gasteiger partial charge on any atom is -0.497 e. The Bertz CT molecular complexity index is 1380. The van der Waals surface area contributed by atoms with Crippen molar-refractivity contribution in [2.75, 3.05) is 54.1 Å². The average molecular weight is 579 g/mol. The first-order valence-corrected chi connectivity index (χ1v) is 13.6. The minimum absolute atomic E-state index is 0.0287. The molecule has 0 saturated heterocycles. The van der Waals surface area contributed by atoms with Crippen LogP contribution in [0.5, 0.6) is 34.5 Å². The second-order valence-electron chi connectivity index (χ2n) is 9.75. The highest BCUT2D eigenvalue weighted by atomic mass is 16.5. The van der Waals surface area contributed by atoms with E-state index in [4.69, 9.17) is 28.4 Å². The van der Waals surface area contributed by atoms with Crippen molar-refractivity contribution in [1.29, 1.82) is 0 Å². The fraction of sp³-hybridized carbons (Fsp3) is 0.375. The van der Waals surface area contributed by atoms with Crippen molar-refractivity contribution in [1.82, 2.24) is 4.90 Å². The van der Waals surface area contributed by atoms with Crippen LogP contribution in [0.3, 0.4) is 0 Å². The third-order valence-electron chi connectivity index (χ3n) is 7.39. The predicted molar refractivity (Wildman–Crippen MR) is 158 cm³/mol. The number of nitrogens with zero attached hydrogens (tertiary/aromatic N) is 2. The molecule has 10 nitrogen and oxygen atoms in total. The summed E-state index contributed by atoms with van der Waals surface area (Å²) in [5, 5.41) is 0. The number of hydrogen-bond donors (Lipinski definition) is 0. The molecule has 3 aromatic rings. The third-order valence-corrected chi connectivity index (χ3v) is 7.39. The number of methoxy groups -OCH3 is 6. The van der Waals surface area contributed by atoms with E-state index in [2.05, 4.69) is 0 Å². The maximum Gasteiger partial charge on any atom is 0.227 e. The van der Waals surface area contributed by atoms with Crippen molar-refractivity contribution in [3.8, 4) is 34.5 Å². The van der Waals surface area contributed by atoms with Crippen LogP contribution in [0, 0.1) is 0 Å². The van der Waals surface area contributed by atoms with Crippen molar-refractivity contribution in [2.24, 2.45) is 0 Å². The van der Waals surface area contributed by atoms with Crippen LogP contribution in [-0.4, -0.2) is 65.9 Å². The van der Waals surface area contributed by atoms with Crippen molar-refractivity contribution < 1.29 is 38.0 Å². The van der Waals surface area contributed by atoms with E-state index in [1.807, 2.05) is 36.4 Å². The zero-order chi connectivity index (χ0) is 30.2. The van der Waals surface area contributed by atoms with E-state index < -0.39 is 0 Å². The van der Waals surface area contributed by atoms with Crippen LogP contribution < -0.4 is 33.3 Å². The lowest BCUT2D eigenvalue weighted by molar-refractivity contribution is -0.134. The van der Waals surface area contributed by atoms with Gasteiger partial charge in [-0.05, 0) is 47.4 Å². The number of ether oxygens (including phenoxy) is 6. The van der Waals surface area contributed by atoms with Crippen molar-refractivity contribution in [2.45, 2.75) is 32.4 Å². The summed E-state index contributed by atoms with van der Waals surface area (Å²) >= 11 is 0. The van der Waals surface area contributed by atoms with E-state index in [0.29, 0.717) is 59.7 Å². The van der Waals surface area contributed by atoms with Gasteiger partial charge in [-0.2, -0.15) is 0 Å². The van der Waals surface area contributed by atoms with E-state index in [0.717, 1.165) is 16.7 Å². The SMILES string of the molecule is COc1ccc(CN(C(=O)CCC(=O)N2CCc3cc(OC)c(OC)cc3C2)c2cc(OC)c(OC)c(OC)c2)cc1. The van der Waals surface area contributed by atoms with Crippen molar-refractivity contribution in [3.63, 3.8) is 0 Å². The number of benzene rings is 3. The van der Waals surface area contributed by atoms with Gasteiger partial charge < -0.3 is 38.2 Å². The molecule has 0 N–H and O–H groups in total. The molecule has 0 bridgehead atoms. The molecule has 3 aromatic carbocycles. The average Bonchev–Trinajstić information content (AvgIpc) is 3.04. The monoisotopic (exact) mass is 578 g/mol. The summed E-state index contributed by atoms with van der Waals surface area (Å²) in [6.07, 6.45) is 0.802. The molecule has 1 aliphatic heterocycles. The van der Waals surface area contributed by atoms with Crippen LogP contribution in [0.25, 0.3) is 0 Å². The summed E-state index contributed by atoms with van der Waals surface area (Å²) < 4.78 is 32.7. The lowest BCUT2D eigenvalue weighted by Gasteiger charge is -2.30. The molecule has 0 aromatic heterocycles. The number of carbonyl (C=O) groups is 2. The summed E-state index contributed by atoms with van der Waals surface area (Å²) in [5.74, 6) is 2.99. The Morgan fingerprint density at radius 2 is 1.31 bits per heavy atom. The van der Waals surface area contributed by atoms with Crippen LogP contribution >= 0.6 is 0 Å². The van der Waals surface area contributed by atoms with Gasteiger partial charge in [-0.25, -0.2) is 0 Å². The number of amides is 2. The fourth-order valence-electron chi connectivity index (χ4n) is 5.06. The van der Waals surface area contributed by atoms with E-state index >= 15 is 0 Å². The third kappa shape index (κ3) is 6.64. The van der Waals surface area contributed by atoms with Gasteiger partial charge in [-0.15, -0.1) is 0 Å². The van der Waals surface area contributed by atoms with Crippen LogP contribution in [0.4, 0.5) is 5.69 Å². The molecule has 1 heterocycles. The molecule has 0 radical (unpaired) electrons. The summed E-state index contributed by atoms with van der Waals surface area (Å²) in [7, 11) is 9.38. The predicted octanol–water partition coefficient (Wildman–Crippen LogP) is 4.64. The lowest BCUT2D eigenvalue weighted by Crippen LogP contribution is -2.37. The van der Waals surface area contributed by atoms with Gasteiger partial charge in [0, 0.05) is 38.1 Å². The van der Waals surface area contributed by atoms with Gasteiger partial charge in [0.25, 0.3) is 0 Å². The summed E-state index contributed by atoms with van der Waals surface area (Å²) in [4.78, 5) is 30.5. The zero-order valence-electron chi connectivity index (χ0n) is 25.0. The van der Waals surface area contributed by atoms with E-state index in [9.17, 15) is 9.59 Å². The van der Waals surface area contributed by atoms with Crippen LogP contribution in [0.15, 0.2) is 48.5 Å². The molecule has 224 valence electrons. The zero-order valence-corrected chi connectivity index (χ0v) is 25.0. The van der Waals surface area contributed by atoms with Crippen molar-refractivity contribution in [3.05, 3.63) is 65.2 Å². The minimum atomic E-state index is -0.211. The molecule has 4 rings (SSSR count). The lowest BCUT2D eigenvalue weighted by atomic mass is 9.98. The second kappa shape index (κ2) is 13.8. The highest BCUT2D eigenvalue weighted by molar-refractivity contribution is 5.96. The number of hydrogen-bond acceptors (Lipinski definition) is 8. The molecule has 2 amide bonds. The number of rotatable bonds is 12. The largest absolute Gasteiger partial charge is 0.497 e. The molecule has 0 fully saturated rings. The molecule has 0 saturated carbocycles. The molecule has 0 unspecified atom stereocenters. The second-order valence-corrected chi connectivity index (χ2v) is 9.75. The van der Waals surface area contributed by atoms with E-state index in [-0.39, 0.29) is 31.2 Å². The summed E-state index contributed by atoms with van der Waals surface area (Å²) in [5.41, 5.74) is 3.59. The molecule has 1 aliphatic rings. The number of anilines is 1. The van der Waals surface area contributed by atoms with E-state index in [1.165, 1.54) is 21.3 Å². The molecular formula is C32H38N2O8. The van der Waals surface area contributed by atoms with Gasteiger partial charge >= 0.3 is 0 Å². The smallest absolute Gasteiger partial charge is 0.227 e. The van der Waals surface area contributed by atoms with Crippen LogP contribution in [-0.2, 0) is 29.1 Å². The highest BCUT2D eigenvalue weighted by Gasteiger charge is 2.26. The Balaban J connectivity index is 1.54. The Kier molecular flexibility index (Phi) is 10.0. The maximum absolute atomic E-state index is 13.8. The Labute approximate surface area is 246 Å². The first-order valence-electron chi connectivity index (χ1n) is 13.6. The van der Waals surface area contributed by atoms with Gasteiger partial charge in [-0.1, -0.05) is 12.1 Å². The maximum atomic E-state index is 13.8. The quantitative estimate of drug-likeness (QED) is 0.307. The van der Waals surface area contributed by atoms with Crippen LogP contribution in [0.1, 0.15) is 29.5 Å². The number of carbonyl (C=O) groups excluding carboxylic acids is 2. The Morgan fingerprint density at radius 3 is 1.86 bits per heavy atom. The first-order chi connectivity index (χ1) is 20.3. The topological polar surface area (TPSA) is 96.0 Å². The van der Waals surface area contributed by atoms with Gasteiger partial charge in [0.05, 0.1) is 54.9 Å². The van der Waals surface area contributed by atoms with Gasteiger partial charge in [-0.3, -0.25) is 9.59 Å². The van der Waals surface area contributed by atoms with E-state index in [1.54, 1.807) is 43.3 Å². The molecule has 42 heavy (non-hydrogen) atoms. The van der Waals surface area contributed by atoms with Crippen molar-refractivity contribution >= 4 is 17.5 Å². The standard InChI is InChI=1S/C32H38N2O8/c1-37-25-9-7-21(8-10-25)19-34(24-17-28(40-4)32(42-6)29(18-24)41-5)31(36)12-11-30(35)33-14-13-22-15-26(38-2)27(39-3)16-23(22)20-33/h7-10,15-18H,11-14,19-20H2,1-6H3. The molecule has 0 aliphatic carbocycles. The van der Waals surface area contributed by atoms with Gasteiger partial charge in [0.1, 0.15) is 5.75 Å².